The van der Waals surface area contributed by atoms with Crippen LogP contribution in [0.15, 0.2) is 0 Å². The molecule has 0 unspecified atom stereocenters. The third-order valence-corrected chi connectivity index (χ3v) is 8.81. The quantitative estimate of drug-likeness (QED) is 0.600. The Morgan fingerprint density at radius 3 is 1.08 bits per heavy atom. The van der Waals surface area contributed by atoms with E-state index < -0.39 is 0 Å². The topological polar surface area (TPSA) is 0 Å². The SMILES string of the molecule is C[SiH](C)C1CCC([SiH](C)C)CC1. The standard InChI is InChI=1S/C10H24Si2/c1-11(2)9-5-7-10(8-6-9)12(3)4/h9-12H,5-8H2,1-4H3. The molecule has 72 valence electrons. The molecule has 0 radical (unpaired) electrons. The average Bonchev–Trinajstić information content (AvgIpc) is 2.04. The fraction of sp³-hybridized carbons (Fsp3) is 1.00. The van der Waals surface area contributed by atoms with E-state index in [4.69, 9.17) is 0 Å². The first-order valence-corrected chi connectivity index (χ1v) is 11.6. The summed E-state index contributed by atoms with van der Waals surface area (Å²) < 4.78 is 0. The van der Waals surface area contributed by atoms with Gasteiger partial charge in [0.2, 0.25) is 0 Å². The zero-order valence-electron chi connectivity index (χ0n) is 9.14. The van der Waals surface area contributed by atoms with E-state index in [0.29, 0.717) is 0 Å². The molecule has 0 heterocycles. The van der Waals surface area contributed by atoms with E-state index in [1.165, 1.54) is 11.1 Å². The largest absolute Gasteiger partial charge is 0.0720 e. The van der Waals surface area contributed by atoms with Gasteiger partial charge in [0.05, 0.1) is 0 Å². The van der Waals surface area contributed by atoms with Crippen LogP contribution in [0.2, 0.25) is 37.3 Å². The zero-order chi connectivity index (χ0) is 9.14. The van der Waals surface area contributed by atoms with Crippen molar-refractivity contribution in [2.75, 3.05) is 0 Å². The summed E-state index contributed by atoms with van der Waals surface area (Å²) in [5.74, 6) is 0. The smallest absolute Gasteiger partial charge is 0.0337 e. The maximum atomic E-state index is 2.53. The van der Waals surface area contributed by atoms with Crippen LogP contribution in [0.3, 0.4) is 0 Å². The van der Waals surface area contributed by atoms with Crippen LogP contribution in [-0.4, -0.2) is 17.6 Å². The minimum Gasteiger partial charge on any atom is -0.0720 e. The summed E-state index contributed by atoms with van der Waals surface area (Å²) in [4.78, 5) is 0. The van der Waals surface area contributed by atoms with Crippen molar-refractivity contribution in [1.29, 1.82) is 0 Å². The molecule has 1 saturated carbocycles. The third kappa shape index (κ3) is 2.73. The fourth-order valence-electron chi connectivity index (χ4n) is 2.48. The minimum atomic E-state index is -0.295. The van der Waals surface area contributed by atoms with Crippen molar-refractivity contribution in [1.82, 2.24) is 0 Å². The van der Waals surface area contributed by atoms with Crippen molar-refractivity contribution in [3.63, 3.8) is 0 Å². The van der Waals surface area contributed by atoms with Crippen molar-refractivity contribution >= 4 is 17.6 Å². The molecule has 2 heteroatoms. The molecule has 0 aliphatic heterocycles. The van der Waals surface area contributed by atoms with Crippen molar-refractivity contribution in [3.8, 4) is 0 Å². The lowest BCUT2D eigenvalue weighted by atomic mass is 9.99. The Kier molecular flexibility index (Phi) is 4.04. The van der Waals surface area contributed by atoms with Crippen LogP contribution in [-0.2, 0) is 0 Å². The summed E-state index contributed by atoms with van der Waals surface area (Å²) in [7, 11) is -0.590. The van der Waals surface area contributed by atoms with Crippen LogP contribution < -0.4 is 0 Å². The van der Waals surface area contributed by atoms with Gasteiger partial charge in [-0.3, -0.25) is 0 Å². The molecule has 0 N–H and O–H groups in total. The molecule has 1 fully saturated rings. The van der Waals surface area contributed by atoms with Crippen LogP contribution >= 0.6 is 0 Å². The first-order valence-electron chi connectivity index (χ1n) is 5.61. The van der Waals surface area contributed by atoms with E-state index in [0.717, 1.165) is 0 Å². The highest BCUT2D eigenvalue weighted by Gasteiger charge is 2.25. The Hall–Kier alpha value is 0.434. The summed E-state index contributed by atoms with van der Waals surface area (Å²) in [5.41, 5.74) is 2.38. The van der Waals surface area contributed by atoms with Gasteiger partial charge in [-0.15, -0.1) is 0 Å². The second-order valence-corrected chi connectivity index (χ2v) is 12.0. The Labute approximate surface area is 81.0 Å². The Balaban J connectivity index is 2.30. The van der Waals surface area contributed by atoms with Gasteiger partial charge in [0, 0.05) is 17.6 Å². The number of hydrogen-bond donors (Lipinski definition) is 0. The van der Waals surface area contributed by atoms with Crippen LogP contribution in [0.1, 0.15) is 25.7 Å². The summed E-state index contributed by atoms with van der Waals surface area (Å²) in [6.45, 7) is 10.1. The summed E-state index contributed by atoms with van der Waals surface area (Å²) in [6.07, 6.45) is 6.33. The predicted octanol–water partition coefficient (Wildman–Crippen LogP) is 3.27. The highest BCUT2D eigenvalue weighted by atomic mass is 28.3. The normalized spacial score (nSPS) is 31.5. The van der Waals surface area contributed by atoms with Gasteiger partial charge in [0.1, 0.15) is 0 Å². The molecule has 1 aliphatic rings. The van der Waals surface area contributed by atoms with Gasteiger partial charge in [0.15, 0.2) is 0 Å². The second kappa shape index (κ2) is 4.61. The average molecular weight is 200 g/mol. The lowest BCUT2D eigenvalue weighted by molar-refractivity contribution is 0.491. The summed E-state index contributed by atoms with van der Waals surface area (Å²) in [5, 5.41) is 0. The lowest BCUT2D eigenvalue weighted by Crippen LogP contribution is -2.22. The van der Waals surface area contributed by atoms with Gasteiger partial charge in [-0.05, 0) is 11.1 Å². The van der Waals surface area contributed by atoms with E-state index in [9.17, 15) is 0 Å². The molecule has 0 aromatic rings. The molecular formula is C10H24Si2. The van der Waals surface area contributed by atoms with E-state index >= 15 is 0 Å². The van der Waals surface area contributed by atoms with E-state index in [2.05, 4.69) is 26.2 Å². The van der Waals surface area contributed by atoms with E-state index in [-0.39, 0.29) is 17.6 Å². The first kappa shape index (κ1) is 10.5. The molecule has 12 heavy (non-hydrogen) atoms. The molecule has 0 amide bonds. The number of rotatable bonds is 2. The molecule has 0 nitrogen and oxygen atoms in total. The van der Waals surface area contributed by atoms with Crippen LogP contribution in [0.25, 0.3) is 0 Å². The molecule has 0 spiro atoms. The maximum Gasteiger partial charge on any atom is 0.0337 e. The molecule has 0 saturated heterocycles. The highest BCUT2D eigenvalue weighted by molar-refractivity contribution is 6.58. The Morgan fingerprint density at radius 2 is 0.917 bits per heavy atom. The van der Waals surface area contributed by atoms with Crippen LogP contribution in [0.5, 0.6) is 0 Å². The van der Waals surface area contributed by atoms with Gasteiger partial charge >= 0.3 is 0 Å². The van der Waals surface area contributed by atoms with Gasteiger partial charge < -0.3 is 0 Å². The molecule has 0 aromatic carbocycles. The first-order chi connectivity index (χ1) is 5.61. The second-order valence-electron chi connectivity index (χ2n) is 5.16. The van der Waals surface area contributed by atoms with Crippen molar-refractivity contribution in [3.05, 3.63) is 0 Å². The van der Waals surface area contributed by atoms with Gasteiger partial charge in [0.25, 0.3) is 0 Å². The van der Waals surface area contributed by atoms with Crippen molar-refractivity contribution in [2.45, 2.75) is 63.0 Å². The molecule has 0 bridgehead atoms. The maximum absolute atomic E-state index is 2.53. The van der Waals surface area contributed by atoms with Crippen LogP contribution in [0.4, 0.5) is 0 Å². The monoisotopic (exact) mass is 200 g/mol. The molecule has 1 rings (SSSR count). The van der Waals surface area contributed by atoms with Gasteiger partial charge in [-0.2, -0.15) is 0 Å². The van der Waals surface area contributed by atoms with E-state index in [1.54, 1.807) is 25.7 Å². The fourth-order valence-corrected chi connectivity index (χ4v) is 5.91. The number of hydrogen-bond acceptors (Lipinski definition) is 0. The summed E-state index contributed by atoms with van der Waals surface area (Å²) in [6, 6.07) is 0. The molecule has 0 aromatic heterocycles. The highest BCUT2D eigenvalue weighted by Crippen LogP contribution is 2.39. The Morgan fingerprint density at radius 1 is 0.667 bits per heavy atom. The lowest BCUT2D eigenvalue weighted by Gasteiger charge is -2.32. The minimum absolute atomic E-state index is 0.295. The summed E-state index contributed by atoms with van der Waals surface area (Å²) >= 11 is 0. The van der Waals surface area contributed by atoms with E-state index in [1.807, 2.05) is 0 Å². The van der Waals surface area contributed by atoms with Crippen LogP contribution in [0, 0.1) is 0 Å². The Bertz CT molecular complexity index is 108. The van der Waals surface area contributed by atoms with Crippen molar-refractivity contribution < 1.29 is 0 Å². The van der Waals surface area contributed by atoms with Gasteiger partial charge in [-0.1, -0.05) is 51.9 Å². The molecule has 0 atom stereocenters. The van der Waals surface area contributed by atoms with Gasteiger partial charge in [-0.25, -0.2) is 0 Å². The molecule has 1 aliphatic carbocycles. The third-order valence-electron chi connectivity index (χ3n) is 3.70. The molecular weight excluding hydrogens is 176 g/mol. The zero-order valence-corrected chi connectivity index (χ0v) is 11.4. The predicted molar refractivity (Wildman–Crippen MR) is 63.7 cm³/mol. The van der Waals surface area contributed by atoms with Crippen molar-refractivity contribution in [2.24, 2.45) is 0 Å².